The minimum Gasteiger partial charge on any atom is -0.368 e. The van der Waals surface area contributed by atoms with Crippen molar-refractivity contribution in [3.05, 3.63) is 0 Å². The van der Waals surface area contributed by atoms with Gasteiger partial charge in [-0.25, -0.2) is 0 Å². The van der Waals surface area contributed by atoms with Crippen molar-refractivity contribution in [2.75, 3.05) is 6.61 Å². The van der Waals surface area contributed by atoms with Crippen molar-refractivity contribution in [1.82, 2.24) is 5.32 Å². The summed E-state index contributed by atoms with van der Waals surface area (Å²) >= 11 is 5.86. The molecule has 0 radical (unpaired) electrons. The van der Waals surface area contributed by atoms with Crippen molar-refractivity contribution < 1.29 is 9.53 Å². The molecule has 1 aliphatic heterocycles. The van der Waals surface area contributed by atoms with Crippen LogP contribution in [0.2, 0.25) is 0 Å². The van der Waals surface area contributed by atoms with Crippen molar-refractivity contribution in [2.45, 2.75) is 51.1 Å². The van der Waals surface area contributed by atoms with E-state index in [1.807, 2.05) is 20.8 Å². The van der Waals surface area contributed by atoms with E-state index in [1.165, 1.54) is 0 Å². The first kappa shape index (κ1) is 12.8. The molecule has 0 aliphatic carbocycles. The fourth-order valence-electron chi connectivity index (χ4n) is 1.90. The van der Waals surface area contributed by atoms with Gasteiger partial charge in [-0.2, -0.15) is 0 Å². The second-order valence-corrected chi connectivity index (χ2v) is 5.23. The van der Waals surface area contributed by atoms with E-state index in [-0.39, 0.29) is 23.4 Å². The zero-order valence-corrected chi connectivity index (χ0v) is 10.4. The molecule has 15 heavy (non-hydrogen) atoms. The number of hydrogen-bond acceptors (Lipinski definition) is 2. The predicted molar refractivity (Wildman–Crippen MR) is 61.1 cm³/mol. The maximum absolute atomic E-state index is 11.8. The molecule has 0 bridgehead atoms. The Morgan fingerprint density at radius 1 is 1.60 bits per heavy atom. The van der Waals surface area contributed by atoms with Crippen LogP contribution in [0.1, 0.15) is 33.6 Å². The predicted octanol–water partition coefficient (Wildman–Crippen LogP) is 1.93. The SMILES string of the molecule is CC(Cl)CC(C)NC(=O)C1OCCC1C. The van der Waals surface area contributed by atoms with E-state index in [1.54, 1.807) is 0 Å². The Balaban J connectivity index is 2.34. The van der Waals surface area contributed by atoms with Gasteiger partial charge in [0.15, 0.2) is 0 Å². The molecule has 0 aromatic heterocycles. The lowest BCUT2D eigenvalue weighted by Crippen LogP contribution is -2.42. The molecule has 1 N–H and O–H groups in total. The number of amides is 1. The lowest BCUT2D eigenvalue weighted by atomic mass is 10.0. The first-order valence-electron chi connectivity index (χ1n) is 5.56. The van der Waals surface area contributed by atoms with Crippen LogP contribution in [0.5, 0.6) is 0 Å². The molecule has 4 heteroatoms. The Morgan fingerprint density at radius 2 is 2.27 bits per heavy atom. The second-order valence-electron chi connectivity index (χ2n) is 4.48. The van der Waals surface area contributed by atoms with Crippen LogP contribution in [-0.2, 0) is 9.53 Å². The number of alkyl halides is 1. The molecule has 1 rings (SSSR count). The maximum Gasteiger partial charge on any atom is 0.249 e. The molecule has 88 valence electrons. The summed E-state index contributed by atoms with van der Waals surface area (Å²) in [4.78, 5) is 11.8. The van der Waals surface area contributed by atoms with Crippen LogP contribution < -0.4 is 5.32 Å². The number of carbonyl (C=O) groups excluding carboxylic acids is 1. The van der Waals surface area contributed by atoms with Gasteiger partial charge in [0, 0.05) is 18.0 Å². The molecule has 1 saturated heterocycles. The van der Waals surface area contributed by atoms with Gasteiger partial charge in [0.1, 0.15) is 6.10 Å². The van der Waals surface area contributed by atoms with Crippen LogP contribution in [0.25, 0.3) is 0 Å². The summed E-state index contributed by atoms with van der Waals surface area (Å²) < 4.78 is 5.39. The van der Waals surface area contributed by atoms with E-state index in [9.17, 15) is 4.79 Å². The quantitative estimate of drug-likeness (QED) is 0.754. The highest BCUT2D eigenvalue weighted by Gasteiger charge is 2.31. The van der Waals surface area contributed by atoms with Gasteiger partial charge in [-0.05, 0) is 32.6 Å². The van der Waals surface area contributed by atoms with Crippen LogP contribution in [0.15, 0.2) is 0 Å². The van der Waals surface area contributed by atoms with Gasteiger partial charge in [-0.15, -0.1) is 11.6 Å². The molecule has 4 atom stereocenters. The number of ether oxygens (including phenoxy) is 1. The van der Waals surface area contributed by atoms with Crippen molar-refractivity contribution in [1.29, 1.82) is 0 Å². The third-order valence-electron chi connectivity index (χ3n) is 2.71. The first-order valence-corrected chi connectivity index (χ1v) is 6.00. The molecule has 1 fully saturated rings. The van der Waals surface area contributed by atoms with E-state index >= 15 is 0 Å². The van der Waals surface area contributed by atoms with Crippen molar-refractivity contribution in [3.8, 4) is 0 Å². The smallest absolute Gasteiger partial charge is 0.249 e. The second kappa shape index (κ2) is 5.71. The molecule has 0 aromatic carbocycles. The summed E-state index contributed by atoms with van der Waals surface area (Å²) in [6.07, 6.45) is 1.49. The van der Waals surface area contributed by atoms with Crippen LogP contribution in [-0.4, -0.2) is 30.0 Å². The van der Waals surface area contributed by atoms with Gasteiger partial charge in [0.25, 0.3) is 0 Å². The molecule has 0 saturated carbocycles. The minimum absolute atomic E-state index is 0.00446. The Bertz CT molecular complexity index is 221. The van der Waals surface area contributed by atoms with Gasteiger partial charge in [0.05, 0.1) is 0 Å². The number of rotatable bonds is 4. The minimum atomic E-state index is -0.266. The Labute approximate surface area is 96.5 Å². The third-order valence-corrected chi connectivity index (χ3v) is 2.89. The van der Waals surface area contributed by atoms with Gasteiger partial charge in [0.2, 0.25) is 5.91 Å². The van der Waals surface area contributed by atoms with Crippen molar-refractivity contribution >= 4 is 17.5 Å². The lowest BCUT2D eigenvalue weighted by Gasteiger charge is -2.19. The van der Waals surface area contributed by atoms with Gasteiger partial charge >= 0.3 is 0 Å². The number of hydrogen-bond donors (Lipinski definition) is 1. The molecule has 1 amide bonds. The average Bonchev–Trinajstić information content (AvgIpc) is 2.49. The fraction of sp³-hybridized carbons (Fsp3) is 0.909. The monoisotopic (exact) mass is 233 g/mol. The summed E-state index contributed by atoms with van der Waals surface area (Å²) in [6.45, 7) is 6.64. The van der Waals surface area contributed by atoms with Crippen LogP contribution in [0.3, 0.4) is 0 Å². The lowest BCUT2D eigenvalue weighted by molar-refractivity contribution is -0.132. The largest absolute Gasteiger partial charge is 0.368 e. The highest BCUT2D eigenvalue weighted by molar-refractivity contribution is 6.20. The zero-order chi connectivity index (χ0) is 11.4. The topological polar surface area (TPSA) is 38.3 Å². The highest BCUT2D eigenvalue weighted by atomic mass is 35.5. The van der Waals surface area contributed by atoms with Gasteiger partial charge in [-0.3, -0.25) is 4.79 Å². The molecular formula is C11H20ClNO2. The van der Waals surface area contributed by atoms with Crippen molar-refractivity contribution in [3.63, 3.8) is 0 Å². The third kappa shape index (κ3) is 3.99. The van der Waals surface area contributed by atoms with E-state index in [0.29, 0.717) is 12.5 Å². The molecule has 1 aliphatic rings. The van der Waals surface area contributed by atoms with E-state index in [2.05, 4.69) is 5.32 Å². The van der Waals surface area contributed by atoms with E-state index in [4.69, 9.17) is 16.3 Å². The highest BCUT2D eigenvalue weighted by Crippen LogP contribution is 2.20. The summed E-state index contributed by atoms with van der Waals surface area (Å²) in [5, 5.41) is 3.02. The van der Waals surface area contributed by atoms with Crippen LogP contribution >= 0.6 is 11.6 Å². The molecular weight excluding hydrogens is 214 g/mol. The molecule has 0 aromatic rings. The van der Waals surface area contributed by atoms with Gasteiger partial charge in [-0.1, -0.05) is 6.92 Å². The van der Waals surface area contributed by atoms with Crippen molar-refractivity contribution in [2.24, 2.45) is 5.92 Å². The van der Waals surface area contributed by atoms with Gasteiger partial charge < -0.3 is 10.1 Å². The fourth-order valence-corrected chi connectivity index (χ4v) is 2.17. The molecule has 4 unspecified atom stereocenters. The Kier molecular flexibility index (Phi) is 4.87. The Morgan fingerprint density at radius 3 is 2.73 bits per heavy atom. The summed E-state index contributed by atoms with van der Waals surface area (Å²) in [5.41, 5.74) is 0. The van der Waals surface area contributed by atoms with E-state index in [0.717, 1.165) is 12.8 Å². The standard InChI is InChI=1S/C11H20ClNO2/c1-7-4-5-15-10(7)11(14)13-9(3)6-8(2)12/h7-10H,4-6H2,1-3H3,(H,13,14). The average molecular weight is 234 g/mol. The molecule has 3 nitrogen and oxygen atoms in total. The number of nitrogens with one attached hydrogen (secondary N) is 1. The summed E-state index contributed by atoms with van der Waals surface area (Å²) in [5.74, 6) is 0.329. The van der Waals surface area contributed by atoms with E-state index < -0.39 is 0 Å². The first-order chi connectivity index (χ1) is 7.00. The Hall–Kier alpha value is -0.280. The summed E-state index contributed by atoms with van der Waals surface area (Å²) in [7, 11) is 0. The zero-order valence-electron chi connectivity index (χ0n) is 9.63. The number of halogens is 1. The maximum atomic E-state index is 11.8. The van der Waals surface area contributed by atoms with Crippen LogP contribution in [0, 0.1) is 5.92 Å². The number of carbonyl (C=O) groups is 1. The summed E-state index contributed by atoms with van der Waals surface area (Å²) in [6, 6.07) is 0.112. The van der Waals surface area contributed by atoms with Crippen LogP contribution in [0.4, 0.5) is 0 Å². The normalized spacial score (nSPS) is 29.9. The molecule has 1 heterocycles. The molecule has 0 spiro atoms.